The van der Waals surface area contributed by atoms with Crippen molar-refractivity contribution in [2.75, 3.05) is 11.4 Å². The molecule has 1 saturated heterocycles. The third-order valence-electron chi connectivity index (χ3n) is 4.48. The van der Waals surface area contributed by atoms with Crippen LogP contribution in [-0.4, -0.2) is 27.6 Å². The molecule has 4 rings (SSSR count). The van der Waals surface area contributed by atoms with E-state index in [1.807, 2.05) is 41.3 Å². The third-order valence-corrected chi connectivity index (χ3v) is 4.48. The third kappa shape index (κ3) is 2.91. The maximum atomic E-state index is 12.5. The lowest BCUT2D eigenvalue weighted by atomic mass is 10.1. The molecule has 1 aromatic carbocycles. The number of hydrogen-bond donors (Lipinski definition) is 0. The van der Waals surface area contributed by atoms with Crippen LogP contribution in [0.25, 0.3) is 11.6 Å². The largest absolute Gasteiger partial charge is 0.332 e. The summed E-state index contributed by atoms with van der Waals surface area (Å²) < 4.78 is 5.33. The van der Waals surface area contributed by atoms with Crippen molar-refractivity contribution in [3.63, 3.8) is 0 Å². The molecule has 0 radical (unpaired) electrons. The van der Waals surface area contributed by atoms with E-state index in [0.29, 0.717) is 30.4 Å². The van der Waals surface area contributed by atoms with Crippen molar-refractivity contribution < 1.29 is 9.32 Å². The number of para-hydroxylation sites is 1. The monoisotopic (exact) mass is 334 g/mol. The Labute approximate surface area is 145 Å². The van der Waals surface area contributed by atoms with Crippen LogP contribution >= 0.6 is 0 Å². The van der Waals surface area contributed by atoms with E-state index >= 15 is 0 Å². The van der Waals surface area contributed by atoms with Crippen LogP contribution in [0.2, 0.25) is 0 Å². The normalized spacial score (nSPS) is 17.2. The molecule has 6 nitrogen and oxygen atoms in total. The highest BCUT2D eigenvalue weighted by atomic mass is 16.5. The van der Waals surface area contributed by atoms with E-state index in [0.717, 1.165) is 12.1 Å². The highest BCUT2D eigenvalue weighted by molar-refractivity contribution is 5.97. The second-order valence-corrected chi connectivity index (χ2v) is 6.06. The minimum Gasteiger partial charge on any atom is -0.332 e. The van der Waals surface area contributed by atoms with Crippen molar-refractivity contribution in [1.29, 1.82) is 0 Å². The number of aromatic nitrogens is 3. The molecule has 1 unspecified atom stereocenters. The summed E-state index contributed by atoms with van der Waals surface area (Å²) >= 11 is 0. The van der Waals surface area contributed by atoms with Crippen LogP contribution in [0.15, 0.2) is 53.2 Å². The highest BCUT2D eigenvalue weighted by Crippen LogP contribution is 2.33. The minimum atomic E-state index is -0.0707. The van der Waals surface area contributed by atoms with Crippen LogP contribution < -0.4 is 4.90 Å². The number of benzene rings is 1. The van der Waals surface area contributed by atoms with Gasteiger partial charge in [-0.25, -0.2) is 0 Å². The van der Waals surface area contributed by atoms with Crippen LogP contribution in [-0.2, 0) is 11.2 Å². The summed E-state index contributed by atoms with van der Waals surface area (Å²) in [6.45, 7) is 2.66. The molecule has 1 amide bonds. The summed E-state index contributed by atoms with van der Waals surface area (Å²) in [5.74, 6) is 0.967. The Hall–Kier alpha value is -3.02. The first-order valence-electron chi connectivity index (χ1n) is 8.39. The molecule has 1 fully saturated rings. The molecule has 0 N–H and O–H groups in total. The Morgan fingerprint density at radius 3 is 2.84 bits per heavy atom. The van der Waals surface area contributed by atoms with E-state index in [9.17, 15) is 4.79 Å². The molecule has 1 aliphatic rings. The molecule has 0 bridgehead atoms. The maximum Gasteiger partial charge on any atom is 0.276 e. The summed E-state index contributed by atoms with van der Waals surface area (Å²) in [5, 5.41) is 4.07. The molecule has 1 aliphatic heterocycles. The first kappa shape index (κ1) is 15.5. The number of pyridine rings is 1. The second-order valence-electron chi connectivity index (χ2n) is 6.06. The molecule has 3 heterocycles. The first-order valence-corrected chi connectivity index (χ1v) is 8.39. The van der Waals surface area contributed by atoms with Gasteiger partial charge in [0, 0.05) is 30.8 Å². The summed E-state index contributed by atoms with van der Waals surface area (Å²) in [7, 11) is 0. The van der Waals surface area contributed by atoms with Crippen molar-refractivity contribution >= 4 is 11.6 Å². The fourth-order valence-corrected chi connectivity index (χ4v) is 3.18. The predicted molar refractivity (Wildman–Crippen MR) is 93.1 cm³/mol. The smallest absolute Gasteiger partial charge is 0.276 e. The van der Waals surface area contributed by atoms with E-state index < -0.39 is 0 Å². The van der Waals surface area contributed by atoms with Gasteiger partial charge in [-0.3, -0.25) is 9.78 Å². The summed E-state index contributed by atoms with van der Waals surface area (Å²) in [4.78, 5) is 23.0. The van der Waals surface area contributed by atoms with Crippen LogP contribution in [0.1, 0.15) is 30.7 Å². The van der Waals surface area contributed by atoms with Gasteiger partial charge in [0.1, 0.15) is 5.69 Å². The van der Waals surface area contributed by atoms with Gasteiger partial charge in [-0.1, -0.05) is 36.3 Å². The number of carbonyl (C=O) groups is 1. The topological polar surface area (TPSA) is 72.1 Å². The van der Waals surface area contributed by atoms with Gasteiger partial charge in [-0.2, -0.15) is 4.98 Å². The van der Waals surface area contributed by atoms with Crippen molar-refractivity contribution in [1.82, 2.24) is 15.1 Å². The van der Waals surface area contributed by atoms with Crippen molar-refractivity contribution in [2.24, 2.45) is 0 Å². The van der Waals surface area contributed by atoms with Crippen molar-refractivity contribution in [2.45, 2.75) is 25.7 Å². The molecule has 1 atom stereocenters. The zero-order chi connectivity index (χ0) is 17.2. The molecule has 0 saturated carbocycles. The number of aryl methyl sites for hydroxylation is 1. The summed E-state index contributed by atoms with van der Waals surface area (Å²) in [5.41, 5.74) is 2.78. The fourth-order valence-electron chi connectivity index (χ4n) is 3.18. The molecule has 0 aliphatic carbocycles. The van der Waals surface area contributed by atoms with Gasteiger partial charge in [-0.05, 0) is 30.2 Å². The Bertz CT molecular complexity index is 891. The molecule has 126 valence electrons. The Morgan fingerprint density at radius 1 is 1.20 bits per heavy atom. The lowest BCUT2D eigenvalue weighted by Crippen LogP contribution is -2.25. The van der Waals surface area contributed by atoms with E-state index in [1.54, 1.807) is 6.20 Å². The minimum absolute atomic E-state index is 0.0707. The van der Waals surface area contributed by atoms with Crippen LogP contribution in [0.4, 0.5) is 5.69 Å². The van der Waals surface area contributed by atoms with E-state index in [2.05, 4.69) is 28.1 Å². The van der Waals surface area contributed by atoms with Gasteiger partial charge >= 0.3 is 0 Å². The summed E-state index contributed by atoms with van der Waals surface area (Å²) in [6.07, 6.45) is 2.96. The van der Waals surface area contributed by atoms with Crippen molar-refractivity contribution in [3.05, 3.63) is 60.0 Å². The SMILES string of the molecule is CCc1ccccc1N1CC(c2noc(-c3ccccn3)n2)CC1=O. The standard InChI is InChI=1S/C19H18N4O2/c1-2-13-7-3-4-9-16(13)23-12-14(11-17(23)24)18-21-19(25-22-18)15-8-5-6-10-20-15/h3-10,14H,2,11-12H2,1H3. The molecule has 6 heteroatoms. The number of hydrogen-bond acceptors (Lipinski definition) is 5. The average Bonchev–Trinajstić information content (AvgIpc) is 3.29. The molecule has 0 spiro atoms. The zero-order valence-corrected chi connectivity index (χ0v) is 13.9. The molecule has 3 aromatic rings. The number of amides is 1. The number of nitrogens with zero attached hydrogens (tertiary/aromatic N) is 4. The Morgan fingerprint density at radius 2 is 2.04 bits per heavy atom. The Kier molecular flexibility index (Phi) is 4.01. The second kappa shape index (κ2) is 6.47. The quantitative estimate of drug-likeness (QED) is 0.732. The molecular weight excluding hydrogens is 316 g/mol. The highest BCUT2D eigenvalue weighted by Gasteiger charge is 2.35. The fraction of sp³-hybridized carbons (Fsp3) is 0.263. The number of rotatable bonds is 4. The van der Waals surface area contributed by atoms with Crippen LogP contribution in [0.5, 0.6) is 0 Å². The maximum absolute atomic E-state index is 12.5. The zero-order valence-electron chi connectivity index (χ0n) is 13.9. The number of carbonyl (C=O) groups excluding carboxylic acids is 1. The van der Waals surface area contributed by atoms with E-state index in [1.165, 1.54) is 5.56 Å². The number of anilines is 1. The average molecular weight is 334 g/mol. The summed E-state index contributed by atoms with van der Waals surface area (Å²) in [6, 6.07) is 13.5. The predicted octanol–water partition coefficient (Wildman–Crippen LogP) is 3.21. The van der Waals surface area contributed by atoms with Gasteiger partial charge < -0.3 is 9.42 Å². The van der Waals surface area contributed by atoms with Crippen LogP contribution in [0.3, 0.4) is 0 Å². The van der Waals surface area contributed by atoms with Crippen LogP contribution in [0, 0.1) is 0 Å². The lowest BCUT2D eigenvalue weighted by molar-refractivity contribution is -0.117. The van der Waals surface area contributed by atoms with Gasteiger partial charge in [0.2, 0.25) is 5.91 Å². The first-order chi connectivity index (χ1) is 12.3. The molecule has 2 aromatic heterocycles. The van der Waals surface area contributed by atoms with Gasteiger partial charge in [-0.15, -0.1) is 0 Å². The van der Waals surface area contributed by atoms with E-state index in [-0.39, 0.29) is 11.8 Å². The Balaban J connectivity index is 1.58. The molecule has 25 heavy (non-hydrogen) atoms. The van der Waals surface area contributed by atoms with Crippen molar-refractivity contribution in [3.8, 4) is 11.6 Å². The van der Waals surface area contributed by atoms with Gasteiger partial charge in [0.15, 0.2) is 5.82 Å². The molecular formula is C19H18N4O2. The van der Waals surface area contributed by atoms with Gasteiger partial charge in [0.25, 0.3) is 5.89 Å². The lowest BCUT2D eigenvalue weighted by Gasteiger charge is -2.19. The van der Waals surface area contributed by atoms with E-state index in [4.69, 9.17) is 4.52 Å². The van der Waals surface area contributed by atoms with Gasteiger partial charge in [0.05, 0.1) is 0 Å².